The number of pyridine rings is 2. The van der Waals surface area contributed by atoms with Gasteiger partial charge in [-0.05, 0) is 99.6 Å². The number of rotatable bonds is 7. The third kappa shape index (κ3) is 5.80. The van der Waals surface area contributed by atoms with Crippen molar-refractivity contribution < 1.29 is 5.11 Å². The van der Waals surface area contributed by atoms with Crippen LogP contribution in [0.25, 0.3) is 84.0 Å². The lowest BCUT2D eigenvalue weighted by atomic mass is 9.94. The third-order valence-corrected chi connectivity index (χ3v) is 9.44. The van der Waals surface area contributed by atoms with Crippen LogP contribution < -0.4 is 0 Å². The SMILES string of the molecule is Oc1ccccc1-c1nc2c(-c3cc(-c4ccccc4)cc(-c4cc(-c5ccc(-c6ccccc6)cc5)ccn4)c3)ccnc2n1-c1ccccc1. The highest BCUT2D eigenvalue weighted by molar-refractivity contribution is 5.95. The van der Waals surface area contributed by atoms with Crippen molar-refractivity contribution in [1.82, 2.24) is 19.5 Å². The molecule has 0 amide bonds. The fourth-order valence-corrected chi connectivity index (χ4v) is 6.85. The summed E-state index contributed by atoms with van der Waals surface area (Å²) in [4.78, 5) is 14.9. The van der Waals surface area contributed by atoms with Crippen LogP contribution in [0.5, 0.6) is 5.75 Å². The predicted molar refractivity (Wildman–Crippen MR) is 211 cm³/mol. The molecule has 0 unspecified atom stereocenters. The van der Waals surface area contributed by atoms with Crippen molar-refractivity contribution in [3.63, 3.8) is 0 Å². The van der Waals surface area contributed by atoms with Gasteiger partial charge in [-0.15, -0.1) is 0 Å². The summed E-state index contributed by atoms with van der Waals surface area (Å²) in [6.45, 7) is 0. The molecule has 5 nitrogen and oxygen atoms in total. The van der Waals surface area contributed by atoms with Crippen molar-refractivity contribution in [2.45, 2.75) is 0 Å². The summed E-state index contributed by atoms with van der Waals surface area (Å²) in [5.74, 6) is 0.775. The Bertz CT molecular complexity index is 2670. The molecule has 0 atom stereocenters. The molecule has 0 fully saturated rings. The zero-order valence-corrected chi connectivity index (χ0v) is 28.1. The van der Waals surface area contributed by atoms with E-state index in [0.717, 1.165) is 55.8 Å². The Morgan fingerprint density at radius 1 is 0.404 bits per heavy atom. The fraction of sp³-hybridized carbons (Fsp3) is 0. The number of phenols is 1. The average Bonchev–Trinajstić information content (AvgIpc) is 3.62. The second kappa shape index (κ2) is 13.3. The van der Waals surface area contributed by atoms with Gasteiger partial charge >= 0.3 is 0 Å². The standard InChI is InChI=1S/C47H32N4O/c52-44-19-11-10-18-42(44)46-50-45-41(25-27-49-47(45)51(46)40-16-8-3-9-17-40)38-28-37(33-14-6-2-7-15-33)29-39(30-38)43-31-36(24-26-48-43)35-22-20-34(21-23-35)32-12-4-1-5-13-32/h1-31,52H. The van der Waals surface area contributed by atoms with E-state index in [1.54, 1.807) is 6.07 Å². The minimum Gasteiger partial charge on any atom is -0.507 e. The molecular weight excluding hydrogens is 637 g/mol. The number of aromatic hydroxyl groups is 1. The first-order chi connectivity index (χ1) is 25.7. The molecule has 9 rings (SSSR count). The minimum absolute atomic E-state index is 0.158. The number of benzene rings is 6. The van der Waals surface area contributed by atoms with E-state index in [4.69, 9.17) is 15.0 Å². The number of imidazole rings is 1. The lowest BCUT2D eigenvalue weighted by Crippen LogP contribution is -1.98. The molecule has 6 aromatic carbocycles. The Morgan fingerprint density at radius 3 is 1.67 bits per heavy atom. The maximum absolute atomic E-state index is 11.0. The molecule has 3 aromatic heterocycles. The lowest BCUT2D eigenvalue weighted by Gasteiger charge is -2.12. The van der Waals surface area contributed by atoms with E-state index in [2.05, 4.69) is 103 Å². The molecule has 9 aromatic rings. The van der Waals surface area contributed by atoms with E-state index in [1.807, 2.05) is 83.7 Å². The molecule has 5 heteroatoms. The number of hydrogen-bond acceptors (Lipinski definition) is 4. The Hall–Kier alpha value is -7.11. The van der Waals surface area contributed by atoms with Gasteiger partial charge in [0.25, 0.3) is 0 Å². The topological polar surface area (TPSA) is 63.8 Å². The largest absolute Gasteiger partial charge is 0.507 e. The number of para-hydroxylation sites is 2. The van der Waals surface area contributed by atoms with Gasteiger partial charge in [0.05, 0.1) is 11.3 Å². The van der Waals surface area contributed by atoms with Gasteiger partial charge in [-0.3, -0.25) is 9.55 Å². The van der Waals surface area contributed by atoms with Crippen LogP contribution in [-0.4, -0.2) is 24.6 Å². The average molecular weight is 669 g/mol. The van der Waals surface area contributed by atoms with Crippen LogP contribution in [-0.2, 0) is 0 Å². The maximum Gasteiger partial charge on any atom is 0.165 e. The van der Waals surface area contributed by atoms with Crippen LogP contribution in [0, 0.1) is 0 Å². The Labute approximate surface area is 301 Å². The molecule has 0 saturated carbocycles. The van der Waals surface area contributed by atoms with Crippen LogP contribution in [0.1, 0.15) is 0 Å². The molecule has 0 bridgehead atoms. The van der Waals surface area contributed by atoms with Gasteiger partial charge in [-0.25, -0.2) is 9.97 Å². The summed E-state index contributed by atoms with van der Waals surface area (Å²) in [6.07, 6.45) is 3.72. The molecule has 0 saturated heterocycles. The first-order valence-electron chi connectivity index (χ1n) is 17.2. The zero-order chi connectivity index (χ0) is 34.9. The molecule has 0 aliphatic carbocycles. The van der Waals surface area contributed by atoms with Gasteiger partial charge in [0.15, 0.2) is 11.5 Å². The van der Waals surface area contributed by atoms with Gasteiger partial charge in [-0.2, -0.15) is 0 Å². The Balaban J connectivity index is 1.21. The first-order valence-corrected chi connectivity index (χ1v) is 17.2. The molecule has 1 N–H and O–H groups in total. The van der Waals surface area contributed by atoms with Crippen LogP contribution in [0.2, 0.25) is 0 Å². The van der Waals surface area contributed by atoms with Gasteiger partial charge < -0.3 is 5.11 Å². The van der Waals surface area contributed by atoms with Gasteiger partial charge in [0.1, 0.15) is 11.3 Å². The van der Waals surface area contributed by atoms with Crippen molar-refractivity contribution in [3.8, 4) is 78.6 Å². The van der Waals surface area contributed by atoms with Gasteiger partial charge in [-0.1, -0.05) is 115 Å². The molecule has 0 aliphatic rings. The maximum atomic E-state index is 11.0. The molecule has 0 radical (unpaired) electrons. The molecular formula is C47H32N4O. The highest BCUT2D eigenvalue weighted by Gasteiger charge is 2.21. The number of fused-ring (bicyclic) bond motifs is 1. The van der Waals surface area contributed by atoms with Crippen LogP contribution in [0.3, 0.4) is 0 Å². The summed E-state index contributed by atoms with van der Waals surface area (Å²) in [5, 5.41) is 11.0. The van der Waals surface area contributed by atoms with Crippen molar-refractivity contribution in [3.05, 3.63) is 188 Å². The number of nitrogens with zero attached hydrogens (tertiary/aromatic N) is 4. The van der Waals surface area contributed by atoms with Crippen molar-refractivity contribution in [2.24, 2.45) is 0 Å². The number of aromatic nitrogens is 4. The molecule has 0 spiro atoms. The third-order valence-electron chi connectivity index (χ3n) is 9.44. The summed E-state index contributed by atoms with van der Waals surface area (Å²) >= 11 is 0. The molecule has 0 aliphatic heterocycles. The van der Waals surface area contributed by atoms with Crippen LogP contribution >= 0.6 is 0 Å². The van der Waals surface area contributed by atoms with Crippen molar-refractivity contribution in [2.75, 3.05) is 0 Å². The van der Waals surface area contributed by atoms with Gasteiger partial charge in [0, 0.05) is 29.2 Å². The van der Waals surface area contributed by atoms with Gasteiger partial charge in [0.2, 0.25) is 0 Å². The summed E-state index contributed by atoms with van der Waals surface area (Å²) in [6, 6.07) is 59.7. The minimum atomic E-state index is 0.158. The second-order valence-corrected chi connectivity index (χ2v) is 12.7. The lowest BCUT2D eigenvalue weighted by molar-refractivity contribution is 0.477. The fourth-order valence-electron chi connectivity index (χ4n) is 6.85. The Kier molecular flexibility index (Phi) is 7.91. The summed E-state index contributed by atoms with van der Waals surface area (Å²) < 4.78 is 2.02. The van der Waals surface area contributed by atoms with E-state index >= 15 is 0 Å². The number of phenolic OH excluding ortho intramolecular Hbond substituents is 1. The van der Waals surface area contributed by atoms with Crippen LogP contribution in [0.15, 0.2) is 188 Å². The van der Waals surface area contributed by atoms with Crippen LogP contribution in [0.4, 0.5) is 0 Å². The van der Waals surface area contributed by atoms with E-state index in [1.165, 1.54) is 11.1 Å². The first kappa shape index (κ1) is 30.9. The molecule has 246 valence electrons. The van der Waals surface area contributed by atoms with E-state index in [-0.39, 0.29) is 5.75 Å². The van der Waals surface area contributed by atoms with E-state index in [0.29, 0.717) is 17.0 Å². The highest BCUT2D eigenvalue weighted by Crippen LogP contribution is 2.39. The zero-order valence-electron chi connectivity index (χ0n) is 28.1. The second-order valence-electron chi connectivity index (χ2n) is 12.7. The normalized spacial score (nSPS) is 11.2. The summed E-state index contributed by atoms with van der Waals surface area (Å²) in [7, 11) is 0. The quantitative estimate of drug-likeness (QED) is 0.184. The monoisotopic (exact) mass is 668 g/mol. The summed E-state index contributed by atoms with van der Waals surface area (Å²) in [5.41, 5.74) is 13.5. The molecule has 3 heterocycles. The van der Waals surface area contributed by atoms with E-state index in [9.17, 15) is 5.11 Å². The Morgan fingerprint density at radius 2 is 0.962 bits per heavy atom. The molecule has 52 heavy (non-hydrogen) atoms. The highest BCUT2D eigenvalue weighted by atomic mass is 16.3. The van der Waals surface area contributed by atoms with E-state index < -0.39 is 0 Å². The predicted octanol–water partition coefficient (Wildman–Crippen LogP) is 11.5. The van der Waals surface area contributed by atoms with Crippen molar-refractivity contribution >= 4 is 11.2 Å². The van der Waals surface area contributed by atoms with Crippen molar-refractivity contribution in [1.29, 1.82) is 0 Å². The number of hydrogen-bond donors (Lipinski definition) is 1. The smallest absolute Gasteiger partial charge is 0.165 e.